The Labute approximate surface area is 133 Å². The molecule has 0 bridgehead atoms. The molecule has 0 saturated heterocycles. The summed E-state index contributed by atoms with van der Waals surface area (Å²) in [7, 11) is 3.47. The van der Waals surface area contributed by atoms with Crippen LogP contribution in [0.25, 0.3) is 21.8 Å². The van der Waals surface area contributed by atoms with Crippen molar-refractivity contribution in [1.82, 2.24) is 9.97 Å². The first-order chi connectivity index (χ1) is 10.8. The number of hydrogen-bond acceptors (Lipinski definition) is 5. The minimum absolute atomic E-state index is 0.720. The van der Waals surface area contributed by atoms with E-state index in [1.165, 1.54) is 4.90 Å². The second-order valence-corrected chi connectivity index (χ2v) is 5.95. The van der Waals surface area contributed by atoms with E-state index in [0.29, 0.717) is 0 Å². The monoisotopic (exact) mass is 311 g/mol. The molecule has 0 saturated carbocycles. The van der Waals surface area contributed by atoms with Crippen LogP contribution >= 0.6 is 11.8 Å². The van der Waals surface area contributed by atoms with E-state index in [1.807, 2.05) is 12.3 Å². The summed E-state index contributed by atoms with van der Waals surface area (Å²) >= 11 is 1.77. The fraction of sp³-hybridized carbons (Fsp3) is 0.235. The molecule has 0 N–H and O–H groups in total. The maximum atomic E-state index is 5.15. The van der Waals surface area contributed by atoms with E-state index in [-0.39, 0.29) is 0 Å². The lowest BCUT2D eigenvalue weighted by Gasteiger charge is -2.09. The van der Waals surface area contributed by atoms with Crippen LogP contribution in [-0.4, -0.2) is 42.7 Å². The van der Waals surface area contributed by atoms with Crippen molar-refractivity contribution in [3.8, 4) is 0 Å². The summed E-state index contributed by atoms with van der Waals surface area (Å²) in [5, 5.41) is 2.22. The van der Waals surface area contributed by atoms with Crippen molar-refractivity contribution < 1.29 is 4.74 Å². The van der Waals surface area contributed by atoms with E-state index in [0.717, 1.165) is 39.9 Å². The molecule has 3 aromatic rings. The number of pyridine rings is 2. The van der Waals surface area contributed by atoms with Crippen LogP contribution < -0.4 is 0 Å². The second kappa shape index (κ2) is 6.85. The van der Waals surface area contributed by atoms with Crippen molar-refractivity contribution in [2.75, 3.05) is 26.5 Å². The summed E-state index contributed by atoms with van der Waals surface area (Å²) < 4.78 is 5.15. The maximum absolute atomic E-state index is 5.15. The molecular formula is C17H17N3OS. The molecule has 0 amide bonds. The van der Waals surface area contributed by atoms with Gasteiger partial charge in [-0.25, -0.2) is 4.98 Å². The molecule has 112 valence electrons. The standard InChI is InChI=1S/C17H17N3OS/c1-18-11-13-10-15(22-9-8-21-2)14-6-5-12-4-3-7-19-16(12)17(14)20-13/h3-7,10-11H,8-9H2,1-2H3/b18-11+. The van der Waals surface area contributed by atoms with Gasteiger partial charge in [-0.05, 0) is 12.1 Å². The van der Waals surface area contributed by atoms with E-state index >= 15 is 0 Å². The lowest BCUT2D eigenvalue weighted by Crippen LogP contribution is -1.96. The summed E-state index contributed by atoms with van der Waals surface area (Å²) in [6, 6.07) is 10.3. The highest BCUT2D eigenvalue weighted by atomic mass is 32.2. The number of aromatic nitrogens is 2. The van der Waals surface area contributed by atoms with Gasteiger partial charge in [0.1, 0.15) is 0 Å². The molecule has 1 aromatic carbocycles. The number of hydrogen-bond donors (Lipinski definition) is 0. The van der Waals surface area contributed by atoms with Crippen molar-refractivity contribution in [2.45, 2.75) is 4.90 Å². The first-order valence-electron chi connectivity index (χ1n) is 7.06. The van der Waals surface area contributed by atoms with Gasteiger partial charge < -0.3 is 4.74 Å². The third-order valence-electron chi connectivity index (χ3n) is 3.34. The minimum Gasteiger partial charge on any atom is -0.384 e. The number of benzene rings is 1. The number of thioether (sulfide) groups is 1. The lowest BCUT2D eigenvalue weighted by atomic mass is 10.1. The molecule has 22 heavy (non-hydrogen) atoms. The molecule has 0 atom stereocenters. The molecule has 2 heterocycles. The molecule has 0 unspecified atom stereocenters. The Kier molecular flexibility index (Phi) is 4.65. The SMILES string of the molecule is C/N=C/c1cc(SCCOC)c2ccc3cccnc3c2n1. The van der Waals surface area contributed by atoms with Crippen LogP contribution in [0.5, 0.6) is 0 Å². The van der Waals surface area contributed by atoms with E-state index in [1.54, 1.807) is 32.1 Å². The van der Waals surface area contributed by atoms with Crippen LogP contribution in [0.1, 0.15) is 5.69 Å². The highest BCUT2D eigenvalue weighted by Crippen LogP contribution is 2.31. The van der Waals surface area contributed by atoms with Crippen molar-refractivity contribution >= 4 is 39.8 Å². The van der Waals surface area contributed by atoms with Crippen LogP contribution in [0.4, 0.5) is 0 Å². The normalized spacial score (nSPS) is 11.7. The van der Waals surface area contributed by atoms with E-state index in [2.05, 4.69) is 34.2 Å². The number of rotatable bonds is 5. The summed E-state index contributed by atoms with van der Waals surface area (Å²) in [5.74, 6) is 0.901. The van der Waals surface area contributed by atoms with Crippen molar-refractivity contribution in [3.05, 3.63) is 42.2 Å². The highest BCUT2D eigenvalue weighted by Gasteiger charge is 2.09. The van der Waals surface area contributed by atoms with Crippen LogP contribution in [0.15, 0.2) is 46.4 Å². The van der Waals surface area contributed by atoms with Crippen LogP contribution in [-0.2, 0) is 4.74 Å². The maximum Gasteiger partial charge on any atom is 0.0983 e. The highest BCUT2D eigenvalue weighted by molar-refractivity contribution is 7.99. The van der Waals surface area contributed by atoms with Gasteiger partial charge in [0, 0.05) is 48.0 Å². The number of ether oxygens (including phenoxy) is 1. The first-order valence-corrected chi connectivity index (χ1v) is 8.04. The molecule has 0 aliphatic carbocycles. The van der Waals surface area contributed by atoms with Gasteiger partial charge in [0.2, 0.25) is 0 Å². The zero-order valence-electron chi connectivity index (χ0n) is 12.6. The quantitative estimate of drug-likeness (QED) is 0.313. The summed E-state index contributed by atoms with van der Waals surface area (Å²) in [4.78, 5) is 14.5. The topological polar surface area (TPSA) is 47.4 Å². The predicted molar refractivity (Wildman–Crippen MR) is 93.2 cm³/mol. The van der Waals surface area contributed by atoms with E-state index in [9.17, 15) is 0 Å². The third-order valence-corrected chi connectivity index (χ3v) is 4.36. The van der Waals surface area contributed by atoms with Gasteiger partial charge >= 0.3 is 0 Å². The average Bonchev–Trinajstić information content (AvgIpc) is 2.55. The Morgan fingerprint density at radius 3 is 3.00 bits per heavy atom. The molecule has 2 aromatic heterocycles. The average molecular weight is 311 g/mol. The molecule has 0 aliphatic heterocycles. The minimum atomic E-state index is 0.720. The Balaban J connectivity index is 2.21. The van der Waals surface area contributed by atoms with Crippen LogP contribution in [0.2, 0.25) is 0 Å². The Morgan fingerprint density at radius 2 is 2.18 bits per heavy atom. The van der Waals surface area contributed by atoms with Gasteiger partial charge in [0.05, 0.1) is 23.3 Å². The third kappa shape index (κ3) is 2.96. The Bertz CT molecular complexity index is 833. The van der Waals surface area contributed by atoms with Crippen molar-refractivity contribution in [3.63, 3.8) is 0 Å². The molecule has 3 rings (SSSR count). The van der Waals surface area contributed by atoms with Gasteiger partial charge in [-0.15, -0.1) is 11.8 Å². The van der Waals surface area contributed by atoms with Crippen molar-refractivity contribution in [1.29, 1.82) is 0 Å². The smallest absolute Gasteiger partial charge is 0.0983 e. The molecule has 4 nitrogen and oxygen atoms in total. The van der Waals surface area contributed by atoms with Crippen LogP contribution in [0.3, 0.4) is 0 Å². The van der Waals surface area contributed by atoms with E-state index < -0.39 is 0 Å². The second-order valence-electron chi connectivity index (χ2n) is 4.81. The Morgan fingerprint density at radius 1 is 1.27 bits per heavy atom. The molecule has 0 radical (unpaired) electrons. The molecule has 0 fully saturated rings. The number of methoxy groups -OCH3 is 1. The summed E-state index contributed by atoms with van der Waals surface area (Å²) in [5.41, 5.74) is 2.71. The molecule has 5 heteroatoms. The number of fused-ring (bicyclic) bond motifs is 3. The first kappa shape index (κ1) is 14.9. The summed E-state index contributed by atoms with van der Waals surface area (Å²) in [6.07, 6.45) is 3.59. The molecule has 0 spiro atoms. The zero-order valence-corrected chi connectivity index (χ0v) is 13.4. The lowest BCUT2D eigenvalue weighted by molar-refractivity contribution is 0.218. The van der Waals surface area contributed by atoms with E-state index in [4.69, 9.17) is 9.72 Å². The van der Waals surface area contributed by atoms with Crippen LogP contribution in [0, 0.1) is 0 Å². The fourth-order valence-corrected chi connectivity index (χ4v) is 3.36. The van der Waals surface area contributed by atoms with Gasteiger partial charge in [0.25, 0.3) is 0 Å². The van der Waals surface area contributed by atoms with Gasteiger partial charge in [-0.3, -0.25) is 9.98 Å². The predicted octanol–water partition coefficient (Wildman–Crippen LogP) is 3.57. The fourth-order valence-electron chi connectivity index (χ4n) is 2.37. The number of nitrogens with zero attached hydrogens (tertiary/aromatic N) is 3. The largest absolute Gasteiger partial charge is 0.384 e. The molecule has 0 aliphatic rings. The van der Waals surface area contributed by atoms with Gasteiger partial charge in [-0.1, -0.05) is 18.2 Å². The van der Waals surface area contributed by atoms with Crippen molar-refractivity contribution in [2.24, 2.45) is 4.99 Å². The van der Waals surface area contributed by atoms with Gasteiger partial charge in [0.15, 0.2) is 0 Å². The summed E-state index contributed by atoms with van der Waals surface area (Å²) in [6.45, 7) is 0.720. The Hall–Kier alpha value is -1.98. The molecular weight excluding hydrogens is 294 g/mol. The number of aliphatic imine (C=N–C) groups is 1. The van der Waals surface area contributed by atoms with Gasteiger partial charge in [-0.2, -0.15) is 0 Å². The zero-order chi connectivity index (χ0) is 15.4.